The maximum atomic E-state index is 10.0. The molecule has 2 rings (SSSR count). The molecule has 25 heavy (non-hydrogen) atoms. The van der Waals surface area contributed by atoms with Crippen molar-refractivity contribution in [2.75, 3.05) is 33.0 Å². The van der Waals surface area contributed by atoms with Crippen molar-refractivity contribution in [2.45, 2.75) is 54.4 Å². The summed E-state index contributed by atoms with van der Waals surface area (Å²) >= 11 is 0. The van der Waals surface area contributed by atoms with E-state index >= 15 is 0 Å². The van der Waals surface area contributed by atoms with Crippen LogP contribution in [0.3, 0.4) is 0 Å². The molecule has 2 saturated heterocycles. The Balaban J connectivity index is 1.94. The monoisotopic (exact) mass is 370 g/mol. The number of aliphatic hydroxyl groups excluding tert-OH is 8. The van der Waals surface area contributed by atoms with Gasteiger partial charge in [0.25, 0.3) is 0 Å². The molecule has 0 aromatic rings. The molecule has 0 aliphatic carbocycles. The van der Waals surface area contributed by atoms with E-state index in [1.807, 2.05) is 0 Å². The van der Waals surface area contributed by atoms with Crippen LogP contribution < -0.4 is 0 Å². The largest absolute Gasteiger partial charge is 0.394 e. The minimum atomic E-state index is -1.67. The van der Waals surface area contributed by atoms with E-state index < -0.39 is 80.9 Å². The Bertz CT molecular complexity index is 422. The Morgan fingerprint density at radius 2 is 1.36 bits per heavy atom. The van der Waals surface area contributed by atoms with Crippen LogP contribution in [0.15, 0.2) is 0 Å². The van der Waals surface area contributed by atoms with Gasteiger partial charge in [-0.2, -0.15) is 0 Å². The first-order chi connectivity index (χ1) is 11.8. The van der Waals surface area contributed by atoms with E-state index in [0.717, 1.165) is 0 Å². The third-order valence-electron chi connectivity index (χ3n) is 4.70. The molecule has 0 spiro atoms. The van der Waals surface area contributed by atoms with E-state index in [1.165, 1.54) is 0 Å². The van der Waals surface area contributed by atoms with Crippen molar-refractivity contribution in [1.82, 2.24) is 0 Å². The van der Waals surface area contributed by atoms with Crippen molar-refractivity contribution in [2.24, 2.45) is 0 Å². The molecule has 0 saturated carbocycles. The molecule has 0 radical (unpaired) electrons. The molecule has 8 N–H and O–H groups in total. The number of hydrogen-bond acceptors (Lipinski definition) is 11. The molecule has 148 valence electrons. The predicted molar refractivity (Wildman–Crippen MR) is 78.4 cm³/mol. The van der Waals surface area contributed by atoms with E-state index in [2.05, 4.69) is 0 Å². The second-order valence-corrected chi connectivity index (χ2v) is 6.38. The van der Waals surface area contributed by atoms with Crippen LogP contribution in [0.4, 0.5) is 0 Å². The Kier molecular flexibility index (Phi) is 7.09. The molecule has 11 heteroatoms. The topological polar surface area (TPSA) is 190 Å². The zero-order valence-electron chi connectivity index (χ0n) is 13.5. The Morgan fingerprint density at radius 3 is 1.88 bits per heavy atom. The average molecular weight is 370 g/mol. The highest BCUT2D eigenvalue weighted by Crippen LogP contribution is 2.32. The second-order valence-electron chi connectivity index (χ2n) is 6.38. The Morgan fingerprint density at radius 1 is 0.760 bits per heavy atom. The molecule has 5 unspecified atom stereocenters. The van der Waals surface area contributed by atoms with Crippen LogP contribution in [0.25, 0.3) is 0 Å². The molecule has 0 aromatic carbocycles. The molecule has 0 aromatic heterocycles. The SMILES string of the molecule is OCC1O[C@H](COC[C@]2(CO)O[C@H](CO)C(O)C2O)C(O)C(O)[C@@H]1O. The smallest absolute Gasteiger partial charge is 0.143 e. The minimum Gasteiger partial charge on any atom is -0.394 e. The fourth-order valence-corrected chi connectivity index (χ4v) is 3.06. The minimum absolute atomic E-state index is 0.306. The zero-order chi connectivity index (χ0) is 18.8. The summed E-state index contributed by atoms with van der Waals surface area (Å²) in [6.45, 7) is -2.54. The summed E-state index contributed by atoms with van der Waals surface area (Å²) in [5.74, 6) is 0. The summed E-state index contributed by atoms with van der Waals surface area (Å²) in [6, 6.07) is 0. The summed E-state index contributed by atoms with van der Waals surface area (Å²) in [5, 5.41) is 76.9. The fourth-order valence-electron chi connectivity index (χ4n) is 3.06. The second kappa shape index (κ2) is 8.50. The van der Waals surface area contributed by atoms with Crippen LogP contribution in [0.1, 0.15) is 0 Å². The lowest BCUT2D eigenvalue weighted by molar-refractivity contribution is -0.244. The van der Waals surface area contributed by atoms with E-state index in [-0.39, 0.29) is 6.61 Å². The van der Waals surface area contributed by atoms with Gasteiger partial charge in [0, 0.05) is 0 Å². The van der Waals surface area contributed by atoms with Crippen molar-refractivity contribution >= 4 is 0 Å². The Labute approximate surface area is 143 Å². The molecule has 11 nitrogen and oxygen atoms in total. The number of aliphatic hydroxyl groups is 8. The van der Waals surface area contributed by atoms with E-state index in [4.69, 9.17) is 24.4 Å². The van der Waals surface area contributed by atoms with Gasteiger partial charge in [-0.15, -0.1) is 0 Å². The molecule has 2 aliphatic rings. The molecule has 2 heterocycles. The average Bonchev–Trinajstić information content (AvgIpc) is 2.86. The predicted octanol–water partition coefficient (Wildman–Crippen LogP) is -5.31. The van der Waals surface area contributed by atoms with Gasteiger partial charge < -0.3 is 55.1 Å². The standard InChI is InChI=1S/C14H26O11/c15-1-6-9(18)12(21)10(19)8(24-6)3-23-5-14(4-17)13(22)11(20)7(2-16)25-14/h6-13,15-22H,1-5H2/t6?,7-,8-,9-,10?,11?,12?,13?,14+/m1/s1. The van der Waals surface area contributed by atoms with Gasteiger partial charge in [0.2, 0.25) is 0 Å². The molecule has 2 aliphatic heterocycles. The summed E-state index contributed by atoms with van der Waals surface area (Å²) in [7, 11) is 0. The van der Waals surface area contributed by atoms with Gasteiger partial charge in [0.05, 0.1) is 33.0 Å². The van der Waals surface area contributed by atoms with Crippen LogP contribution in [0.2, 0.25) is 0 Å². The quantitative estimate of drug-likeness (QED) is 0.214. The Hall–Kier alpha value is -0.440. The lowest BCUT2D eigenvalue weighted by Gasteiger charge is -2.40. The maximum absolute atomic E-state index is 10.0. The van der Waals surface area contributed by atoms with Crippen molar-refractivity contribution in [3.8, 4) is 0 Å². The highest BCUT2D eigenvalue weighted by atomic mass is 16.6. The molecular formula is C14H26O11. The molecule has 9 atom stereocenters. The maximum Gasteiger partial charge on any atom is 0.143 e. The highest BCUT2D eigenvalue weighted by molar-refractivity contribution is 5.02. The van der Waals surface area contributed by atoms with Crippen LogP contribution in [-0.2, 0) is 14.2 Å². The normalized spacial score (nSPS) is 48.0. The van der Waals surface area contributed by atoms with Crippen molar-refractivity contribution in [3.63, 3.8) is 0 Å². The number of hydrogen-bond donors (Lipinski definition) is 8. The van der Waals surface area contributed by atoms with E-state index in [0.29, 0.717) is 0 Å². The van der Waals surface area contributed by atoms with Crippen LogP contribution in [0, 0.1) is 0 Å². The lowest BCUT2D eigenvalue weighted by Crippen LogP contribution is -2.60. The lowest BCUT2D eigenvalue weighted by atomic mass is 9.95. The van der Waals surface area contributed by atoms with Gasteiger partial charge in [-0.05, 0) is 0 Å². The molecule has 0 bridgehead atoms. The summed E-state index contributed by atoms with van der Waals surface area (Å²) < 4.78 is 15.9. The first-order valence-corrected chi connectivity index (χ1v) is 7.95. The first kappa shape index (κ1) is 20.9. The van der Waals surface area contributed by atoms with E-state index in [1.54, 1.807) is 0 Å². The number of rotatable bonds is 7. The molecule has 0 amide bonds. The van der Waals surface area contributed by atoms with Crippen LogP contribution >= 0.6 is 0 Å². The summed E-state index contributed by atoms with van der Waals surface area (Å²) in [6.07, 6.45) is -10.7. The van der Waals surface area contributed by atoms with Gasteiger partial charge in [-0.1, -0.05) is 0 Å². The van der Waals surface area contributed by atoms with Crippen molar-refractivity contribution < 1.29 is 55.1 Å². The van der Waals surface area contributed by atoms with Crippen molar-refractivity contribution in [1.29, 1.82) is 0 Å². The zero-order valence-corrected chi connectivity index (χ0v) is 13.5. The third kappa shape index (κ3) is 3.96. The van der Waals surface area contributed by atoms with Crippen molar-refractivity contribution in [3.05, 3.63) is 0 Å². The van der Waals surface area contributed by atoms with E-state index in [9.17, 15) is 30.6 Å². The highest BCUT2D eigenvalue weighted by Gasteiger charge is 2.54. The van der Waals surface area contributed by atoms with Gasteiger partial charge in [0.15, 0.2) is 0 Å². The first-order valence-electron chi connectivity index (χ1n) is 7.95. The fraction of sp³-hybridized carbons (Fsp3) is 1.00. The summed E-state index contributed by atoms with van der Waals surface area (Å²) in [4.78, 5) is 0. The number of ether oxygens (including phenoxy) is 3. The van der Waals surface area contributed by atoms with Gasteiger partial charge in [0.1, 0.15) is 54.4 Å². The van der Waals surface area contributed by atoms with Crippen LogP contribution in [-0.4, -0.2) is 128 Å². The summed E-state index contributed by atoms with van der Waals surface area (Å²) in [5.41, 5.74) is -1.67. The van der Waals surface area contributed by atoms with Gasteiger partial charge in [-0.3, -0.25) is 0 Å². The van der Waals surface area contributed by atoms with Gasteiger partial charge >= 0.3 is 0 Å². The molecular weight excluding hydrogens is 344 g/mol. The molecule has 2 fully saturated rings. The third-order valence-corrected chi connectivity index (χ3v) is 4.70. The van der Waals surface area contributed by atoms with Gasteiger partial charge in [-0.25, -0.2) is 0 Å². The van der Waals surface area contributed by atoms with Crippen LogP contribution in [0.5, 0.6) is 0 Å².